The number of carbonyl (C=O) groups excluding carboxylic acids is 1. The minimum atomic E-state index is -0.00347. The largest absolute Gasteiger partial charge is 0.497 e. The summed E-state index contributed by atoms with van der Waals surface area (Å²) in [5, 5.41) is 2.96. The summed E-state index contributed by atoms with van der Waals surface area (Å²) in [4.78, 5) is 14.2. The molecule has 1 unspecified atom stereocenters. The van der Waals surface area contributed by atoms with E-state index < -0.39 is 0 Å². The first-order valence-corrected chi connectivity index (χ1v) is 8.42. The minimum absolute atomic E-state index is 0.00347. The van der Waals surface area contributed by atoms with Crippen LogP contribution in [0.3, 0.4) is 0 Å². The highest BCUT2D eigenvalue weighted by Gasteiger charge is 2.27. The molecule has 5 nitrogen and oxygen atoms in total. The predicted octanol–water partition coefficient (Wildman–Crippen LogP) is 3.11. The van der Waals surface area contributed by atoms with Crippen molar-refractivity contribution in [1.82, 2.24) is 4.90 Å². The molecule has 3 rings (SSSR count). The van der Waals surface area contributed by atoms with E-state index in [-0.39, 0.29) is 11.8 Å². The summed E-state index contributed by atoms with van der Waals surface area (Å²) >= 11 is 0. The van der Waals surface area contributed by atoms with Gasteiger partial charge in [-0.2, -0.15) is 0 Å². The highest BCUT2D eigenvalue weighted by molar-refractivity contribution is 5.95. The highest BCUT2D eigenvalue weighted by Crippen LogP contribution is 2.39. The maximum absolute atomic E-state index is 12.1. The number of amides is 1. The molecule has 5 heteroatoms. The number of likely N-dealkylation sites (N-methyl/N-ethyl adjacent to an activating group) is 1. The topological polar surface area (TPSA) is 50.8 Å². The fourth-order valence-corrected chi connectivity index (χ4v) is 3.03. The SMILES string of the molecule is COc1cccc(C2CC(=O)Nc3ccc(OCCN(C)C)cc32)c1. The molecule has 0 spiro atoms. The van der Waals surface area contributed by atoms with Gasteiger partial charge in [-0.1, -0.05) is 12.1 Å². The molecule has 0 aliphatic carbocycles. The van der Waals surface area contributed by atoms with E-state index in [0.717, 1.165) is 34.9 Å². The van der Waals surface area contributed by atoms with Gasteiger partial charge in [0.05, 0.1) is 7.11 Å². The Kier molecular flexibility index (Phi) is 5.24. The van der Waals surface area contributed by atoms with Gasteiger partial charge < -0.3 is 19.7 Å². The van der Waals surface area contributed by atoms with Crippen molar-refractivity contribution in [2.45, 2.75) is 12.3 Å². The first kappa shape index (κ1) is 17.3. The molecule has 0 saturated heterocycles. The maximum Gasteiger partial charge on any atom is 0.225 e. The van der Waals surface area contributed by atoms with Gasteiger partial charge >= 0.3 is 0 Å². The lowest BCUT2D eigenvalue weighted by molar-refractivity contribution is -0.116. The van der Waals surface area contributed by atoms with E-state index in [4.69, 9.17) is 9.47 Å². The zero-order valence-electron chi connectivity index (χ0n) is 14.9. The summed E-state index contributed by atoms with van der Waals surface area (Å²) in [7, 11) is 5.69. The molecule has 0 radical (unpaired) electrons. The molecule has 0 bridgehead atoms. The van der Waals surface area contributed by atoms with Gasteiger partial charge in [0, 0.05) is 24.6 Å². The average molecular weight is 340 g/mol. The second-order valence-electron chi connectivity index (χ2n) is 6.48. The number of anilines is 1. The molecular formula is C20H24N2O3. The second-order valence-corrected chi connectivity index (χ2v) is 6.48. The van der Waals surface area contributed by atoms with Crippen molar-refractivity contribution < 1.29 is 14.3 Å². The molecule has 2 aromatic rings. The number of fused-ring (bicyclic) bond motifs is 1. The van der Waals surface area contributed by atoms with Crippen molar-refractivity contribution in [3.8, 4) is 11.5 Å². The summed E-state index contributed by atoms with van der Waals surface area (Å²) in [6.45, 7) is 1.48. The van der Waals surface area contributed by atoms with Gasteiger partial charge in [0.25, 0.3) is 0 Å². The number of methoxy groups -OCH3 is 1. The van der Waals surface area contributed by atoms with Crippen molar-refractivity contribution in [1.29, 1.82) is 0 Å². The molecule has 0 saturated carbocycles. The van der Waals surface area contributed by atoms with Crippen LogP contribution in [0.25, 0.3) is 0 Å². The van der Waals surface area contributed by atoms with Gasteiger partial charge in [0.15, 0.2) is 0 Å². The number of nitrogens with zero attached hydrogens (tertiary/aromatic N) is 1. The van der Waals surface area contributed by atoms with Crippen LogP contribution < -0.4 is 14.8 Å². The molecular weight excluding hydrogens is 316 g/mol. The number of benzene rings is 2. The number of carbonyl (C=O) groups is 1. The summed E-state index contributed by atoms with van der Waals surface area (Å²) in [6, 6.07) is 13.8. The summed E-state index contributed by atoms with van der Waals surface area (Å²) in [5.74, 6) is 1.64. The van der Waals surface area contributed by atoms with Gasteiger partial charge in [-0.15, -0.1) is 0 Å². The Morgan fingerprint density at radius 2 is 2.00 bits per heavy atom. The second kappa shape index (κ2) is 7.57. The van der Waals surface area contributed by atoms with Crippen molar-refractivity contribution in [2.24, 2.45) is 0 Å². The van der Waals surface area contributed by atoms with Crippen molar-refractivity contribution in [3.05, 3.63) is 53.6 Å². The Labute approximate surface area is 148 Å². The van der Waals surface area contributed by atoms with Gasteiger partial charge in [0.2, 0.25) is 5.91 Å². The van der Waals surface area contributed by atoms with Crippen LogP contribution in [0, 0.1) is 0 Å². The Hall–Kier alpha value is -2.53. The van der Waals surface area contributed by atoms with Gasteiger partial charge in [0.1, 0.15) is 18.1 Å². The highest BCUT2D eigenvalue weighted by atomic mass is 16.5. The van der Waals surface area contributed by atoms with Crippen LogP contribution >= 0.6 is 0 Å². The lowest BCUT2D eigenvalue weighted by atomic mass is 9.84. The molecule has 1 atom stereocenters. The van der Waals surface area contributed by atoms with E-state index in [1.807, 2.05) is 56.6 Å². The molecule has 1 heterocycles. The normalized spacial score (nSPS) is 16.3. The lowest BCUT2D eigenvalue weighted by Crippen LogP contribution is -2.24. The third-order valence-electron chi connectivity index (χ3n) is 4.37. The van der Waals surface area contributed by atoms with Crippen LogP contribution in [0.5, 0.6) is 11.5 Å². The van der Waals surface area contributed by atoms with Gasteiger partial charge in [-0.25, -0.2) is 0 Å². The summed E-state index contributed by atoms with van der Waals surface area (Å²) in [5.41, 5.74) is 3.00. The van der Waals surface area contributed by atoms with E-state index in [1.54, 1.807) is 7.11 Å². The fourth-order valence-electron chi connectivity index (χ4n) is 3.03. The van der Waals surface area contributed by atoms with Gasteiger partial charge in [-0.3, -0.25) is 4.79 Å². The molecule has 0 aromatic heterocycles. The van der Waals surface area contributed by atoms with Crippen molar-refractivity contribution in [2.75, 3.05) is 39.7 Å². The third-order valence-corrected chi connectivity index (χ3v) is 4.37. The molecule has 1 aliphatic heterocycles. The van der Waals surface area contributed by atoms with E-state index in [2.05, 4.69) is 10.2 Å². The van der Waals surface area contributed by atoms with Crippen molar-refractivity contribution in [3.63, 3.8) is 0 Å². The van der Waals surface area contributed by atoms with E-state index in [9.17, 15) is 4.79 Å². The third kappa shape index (κ3) is 4.12. The lowest BCUT2D eigenvalue weighted by Gasteiger charge is -2.27. The van der Waals surface area contributed by atoms with E-state index in [0.29, 0.717) is 13.0 Å². The molecule has 1 N–H and O–H groups in total. The Morgan fingerprint density at radius 1 is 1.16 bits per heavy atom. The Morgan fingerprint density at radius 3 is 2.76 bits per heavy atom. The van der Waals surface area contributed by atoms with Crippen LogP contribution in [-0.4, -0.2) is 45.2 Å². The Balaban J connectivity index is 1.90. The number of nitrogens with one attached hydrogen (secondary N) is 1. The predicted molar refractivity (Wildman–Crippen MR) is 98.6 cm³/mol. The van der Waals surface area contributed by atoms with E-state index >= 15 is 0 Å². The molecule has 1 aliphatic rings. The molecule has 132 valence electrons. The quantitative estimate of drug-likeness (QED) is 0.878. The average Bonchev–Trinajstić information content (AvgIpc) is 2.61. The van der Waals surface area contributed by atoms with Crippen LogP contribution in [-0.2, 0) is 4.79 Å². The summed E-state index contributed by atoms with van der Waals surface area (Å²) < 4.78 is 11.2. The first-order chi connectivity index (χ1) is 12.1. The summed E-state index contributed by atoms with van der Waals surface area (Å²) in [6.07, 6.45) is 0.418. The fraction of sp³-hybridized carbons (Fsp3) is 0.350. The number of hydrogen-bond acceptors (Lipinski definition) is 4. The molecule has 0 fully saturated rings. The number of hydrogen-bond donors (Lipinski definition) is 1. The molecule has 25 heavy (non-hydrogen) atoms. The molecule has 1 amide bonds. The van der Waals surface area contributed by atoms with Crippen LogP contribution in [0.15, 0.2) is 42.5 Å². The minimum Gasteiger partial charge on any atom is -0.497 e. The smallest absolute Gasteiger partial charge is 0.225 e. The first-order valence-electron chi connectivity index (χ1n) is 8.42. The standard InChI is InChI=1S/C20H24N2O3/c1-22(2)9-10-25-16-7-8-19-18(12-16)17(13-20(23)21-19)14-5-4-6-15(11-14)24-3/h4-8,11-12,17H,9-10,13H2,1-3H3,(H,21,23). The van der Waals surface area contributed by atoms with Crippen LogP contribution in [0.2, 0.25) is 0 Å². The number of ether oxygens (including phenoxy) is 2. The Bertz CT molecular complexity index is 758. The number of rotatable bonds is 6. The van der Waals surface area contributed by atoms with Crippen LogP contribution in [0.1, 0.15) is 23.5 Å². The van der Waals surface area contributed by atoms with Gasteiger partial charge in [-0.05, 0) is 55.6 Å². The van der Waals surface area contributed by atoms with Crippen molar-refractivity contribution >= 4 is 11.6 Å². The molecule has 2 aromatic carbocycles. The monoisotopic (exact) mass is 340 g/mol. The van der Waals surface area contributed by atoms with E-state index in [1.165, 1.54) is 0 Å². The zero-order valence-corrected chi connectivity index (χ0v) is 14.9. The van der Waals surface area contributed by atoms with Crippen LogP contribution in [0.4, 0.5) is 5.69 Å². The zero-order chi connectivity index (χ0) is 17.8. The maximum atomic E-state index is 12.1.